The molecule has 1 unspecified atom stereocenters. The Morgan fingerprint density at radius 2 is 2.11 bits per heavy atom. The fourth-order valence-corrected chi connectivity index (χ4v) is 2.12. The van der Waals surface area contributed by atoms with Gasteiger partial charge in [0, 0.05) is 37.7 Å². The molecule has 1 fully saturated rings. The quantitative estimate of drug-likeness (QED) is 0.818. The van der Waals surface area contributed by atoms with Gasteiger partial charge in [0.1, 0.15) is 11.9 Å². The molecule has 1 aliphatic rings. The van der Waals surface area contributed by atoms with Gasteiger partial charge in [-0.2, -0.15) is 0 Å². The number of nitrogens with zero attached hydrogens (tertiary/aromatic N) is 3. The fourth-order valence-electron chi connectivity index (χ4n) is 2.12. The summed E-state index contributed by atoms with van der Waals surface area (Å²) in [5.41, 5.74) is 6.26. The van der Waals surface area contributed by atoms with Crippen LogP contribution in [0, 0.1) is 6.92 Å². The first kappa shape index (κ1) is 12.9. The molecule has 1 aliphatic heterocycles. The highest BCUT2D eigenvalue weighted by Gasteiger charge is 2.26. The standard InChI is InChI=1S/C12H18N4O2/c1-9-14-7-10(8-15-9)11(12(13)17)16-3-2-5-18-6-4-16/h7-8,11H,2-6H2,1H3,(H2,13,17). The third-order valence-electron chi connectivity index (χ3n) is 3.01. The Bertz CT molecular complexity index is 399. The SMILES string of the molecule is Cc1ncc(C(C(N)=O)N2CCCOCC2)cn1. The molecule has 1 aromatic rings. The first-order valence-corrected chi connectivity index (χ1v) is 6.08. The zero-order chi connectivity index (χ0) is 13.0. The molecule has 1 amide bonds. The minimum absolute atomic E-state index is 0.371. The van der Waals surface area contributed by atoms with E-state index in [1.54, 1.807) is 12.4 Å². The Kier molecular flexibility index (Phi) is 4.22. The van der Waals surface area contributed by atoms with Gasteiger partial charge in [-0.05, 0) is 13.3 Å². The molecule has 1 atom stereocenters. The van der Waals surface area contributed by atoms with Crippen molar-refractivity contribution in [2.45, 2.75) is 19.4 Å². The normalized spacial score (nSPS) is 19.2. The molecule has 2 N–H and O–H groups in total. The van der Waals surface area contributed by atoms with Gasteiger partial charge in [0.15, 0.2) is 0 Å². The fraction of sp³-hybridized carbons (Fsp3) is 0.583. The van der Waals surface area contributed by atoms with Gasteiger partial charge in [-0.1, -0.05) is 0 Å². The number of hydrogen-bond acceptors (Lipinski definition) is 5. The van der Waals surface area contributed by atoms with Crippen molar-refractivity contribution in [2.24, 2.45) is 5.73 Å². The molecule has 0 aliphatic carbocycles. The number of primary amides is 1. The van der Waals surface area contributed by atoms with Crippen molar-refractivity contribution in [1.82, 2.24) is 14.9 Å². The number of ether oxygens (including phenoxy) is 1. The summed E-state index contributed by atoms with van der Waals surface area (Å²) in [7, 11) is 0. The van der Waals surface area contributed by atoms with Crippen molar-refractivity contribution in [1.29, 1.82) is 0 Å². The monoisotopic (exact) mass is 250 g/mol. The first-order chi connectivity index (χ1) is 8.68. The maximum Gasteiger partial charge on any atom is 0.239 e. The van der Waals surface area contributed by atoms with E-state index in [9.17, 15) is 4.79 Å². The predicted octanol–water partition coefficient (Wildman–Crippen LogP) is 0.0337. The van der Waals surface area contributed by atoms with Crippen molar-refractivity contribution in [3.8, 4) is 0 Å². The van der Waals surface area contributed by atoms with Gasteiger partial charge >= 0.3 is 0 Å². The van der Waals surface area contributed by atoms with E-state index < -0.39 is 6.04 Å². The zero-order valence-electron chi connectivity index (χ0n) is 10.5. The maximum absolute atomic E-state index is 11.7. The van der Waals surface area contributed by atoms with Crippen LogP contribution in [0.25, 0.3) is 0 Å². The van der Waals surface area contributed by atoms with Crippen LogP contribution in [-0.2, 0) is 9.53 Å². The third-order valence-corrected chi connectivity index (χ3v) is 3.01. The van der Waals surface area contributed by atoms with Gasteiger partial charge < -0.3 is 10.5 Å². The van der Waals surface area contributed by atoms with Gasteiger partial charge in [-0.25, -0.2) is 9.97 Å². The molecular weight excluding hydrogens is 232 g/mol. The summed E-state index contributed by atoms with van der Waals surface area (Å²) in [6, 6.07) is -0.465. The van der Waals surface area contributed by atoms with E-state index in [1.807, 2.05) is 11.8 Å². The zero-order valence-corrected chi connectivity index (χ0v) is 10.5. The second kappa shape index (κ2) is 5.88. The number of carbonyl (C=O) groups is 1. The third kappa shape index (κ3) is 3.02. The van der Waals surface area contributed by atoms with Crippen LogP contribution >= 0.6 is 0 Å². The molecule has 18 heavy (non-hydrogen) atoms. The van der Waals surface area contributed by atoms with E-state index in [-0.39, 0.29) is 5.91 Å². The van der Waals surface area contributed by atoms with Crippen molar-refractivity contribution >= 4 is 5.91 Å². The Hall–Kier alpha value is -1.53. The summed E-state index contributed by atoms with van der Waals surface area (Å²) in [5.74, 6) is 0.311. The highest BCUT2D eigenvalue weighted by molar-refractivity contribution is 5.81. The highest BCUT2D eigenvalue weighted by Crippen LogP contribution is 2.20. The number of aryl methyl sites for hydroxylation is 1. The Balaban J connectivity index is 2.21. The summed E-state index contributed by atoms with van der Waals surface area (Å²) < 4.78 is 5.38. The molecular formula is C12H18N4O2. The smallest absolute Gasteiger partial charge is 0.239 e. The minimum Gasteiger partial charge on any atom is -0.380 e. The minimum atomic E-state index is -0.465. The molecule has 0 bridgehead atoms. The molecule has 6 nitrogen and oxygen atoms in total. The molecule has 0 saturated carbocycles. The molecule has 1 saturated heterocycles. The molecule has 2 heterocycles. The summed E-state index contributed by atoms with van der Waals surface area (Å²) in [6.07, 6.45) is 4.24. The molecule has 0 aromatic carbocycles. The Morgan fingerprint density at radius 1 is 1.39 bits per heavy atom. The molecule has 2 rings (SSSR count). The van der Waals surface area contributed by atoms with Gasteiger partial charge in [0.05, 0.1) is 6.61 Å². The van der Waals surface area contributed by atoms with E-state index in [0.717, 1.165) is 25.1 Å². The van der Waals surface area contributed by atoms with Gasteiger partial charge in [0.2, 0.25) is 5.91 Å². The lowest BCUT2D eigenvalue weighted by Gasteiger charge is -2.27. The van der Waals surface area contributed by atoms with E-state index >= 15 is 0 Å². The van der Waals surface area contributed by atoms with Crippen molar-refractivity contribution in [3.63, 3.8) is 0 Å². The van der Waals surface area contributed by atoms with E-state index in [1.165, 1.54) is 0 Å². The van der Waals surface area contributed by atoms with E-state index in [0.29, 0.717) is 19.0 Å². The van der Waals surface area contributed by atoms with Crippen LogP contribution < -0.4 is 5.73 Å². The maximum atomic E-state index is 11.7. The highest BCUT2D eigenvalue weighted by atomic mass is 16.5. The lowest BCUT2D eigenvalue weighted by molar-refractivity contribution is -0.123. The summed E-state index contributed by atoms with van der Waals surface area (Å²) >= 11 is 0. The predicted molar refractivity (Wildman–Crippen MR) is 65.7 cm³/mol. The van der Waals surface area contributed by atoms with Gasteiger partial charge in [0.25, 0.3) is 0 Å². The summed E-state index contributed by atoms with van der Waals surface area (Å²) in [5, 5.41) is 0. The van der Waals surface area contributed by atoms with Crippen LogP contribution in [0.4, 0.5) is 0 Å². The van der Waals surface area contributed by atoms with Crippen LogP contribution in [0.5, 0.6) is 0 Å². The second-order valence-corrected chi connectivity index (χ2v) is 4.37. The summed E-state index contributed by atoms with van der Waals surface area (Å²) in [6.45, 7) is 4.65. The van der Waals surface area contributed by atoms with Crippen LogP contribution in [0.1, 0.15) is 23.9 Å². The Labute approximate surface area is 106 Å². The molecule has 98 valence electrons. The number of aromatic nitrogens is 2. The lowest BCUT2D eigenvalue weighted by atomic mass is 10.1. The van der Waals surface area contributed by atoms with Crippen molar-refractivity contribution in [2.75, 3.05) is 26.3 Å². The molecule has 6 heteroatoms. The number of hydrogen-bond donors (Lipinski definition) is 1. The number of rotatable bonds is 3. The average molecular weight is 250 g/mol. The van der Waals surface area contributed by atoms with Crippen molar-refractivity contribution in [3.05, 3.63) is 23.8 Å². The molecule has 0 spiro atoms. The van der Waals surface area contributed by atoms with Crippen LogP contribution in [0.3, 0.4) is 0 Å². The number of amides is 1. The number of carbonyl (C=O) groups excluding carboxylic acids is 1. The largest absolute Gasteiger partial charge is 0.380 e. The van der Waals surface area contributed by atoms with Crippen LogP contribution in [-0.4, -0.2) is 47.1 Å². The Morgan fingerprint density at radius 3 is 2.78 bits per heavy atom. The second-order valence-electron chi connectivity index (χ2n) is 4.37. The topological polar surface area (TPSA) is 81.3 Å². The van der Waals surface area contributed by atoms with Crippen LogP contribution in [0.2, 0.25) is 0 Å². The van der Waals surface area contributed by atoms with E-state index in [2.05, 4.69) is 9.97 Å². The molecule has 1 aromatic heterocycles. The van der Waals surface area contributed by atoms with Gasteiger partial charge in [-0.3, -0.25) is 9.69 Å². The first-order valence-electron chi connectivity index (χ1n) is 6.08. The lowest BCUT2D eigenvalue weighted by Crippen LogP contribution is -2.39. The van der Waals surface area contributed by atoms with Crippen molar-refractivity contribution < 1.29 is 9.53 Å². The van der Waals surface area contributed by atoms with Gasteiger partial charge in [-0.15, -0.1) is 0 Å². The van der Waals surface area contributed by atoms with E-state index in [4.69, 9.17) is 10.5 Å². The average Bonchev–Trinajstić information content (AvgIpc) is 2.60. The van der Waals surface area contributed by atoms with Crippen LogP contribution in [0.15, 0.2) is 12.4 Å². The number of nitrogens with two attached hydrogens (primary N) is 1. The molecule has 0 radical (unpaired) electrons. The summed E-state index contributed by atoms with van der Waals surface area (Å²) in [4.78, 5) is 22.0.